The number of aldehydes is 1. The number of carbonyl (C=O) groups is 1. The molecule has 1 atom stereocenters. The molecule has 0 fully saturated rings. The van der Waals surface area contributed by atoms with Crippen molar-refractivity contribution in [2.45, 2.75) is 26.3 Å². The van der Waals surface area contributed by atoms with Gasteiger partial charge in [0.05, 0.1) is 0 Å². The Morgan fingerprint density at radius 3 is 3.00 bits per heavy atom. The summed E-state index contributed by atoms with van der Waals surface area (Å²) in [4.78, 5) is 13.0. The van der Waals surface area contributed by atoms with E-state index in [1.165, 1.54) is 11.3 Å². The zero-order valence-corrected chi connectivity index (χ0v) is 8.66. The summed E-state index contributed by atoms with van der Waals surface area (Å²) < 4.78 is 0. The van der Waals surface area contributed by atoms with Crippen LogP contribution in [0.5, 0.6) is 0 Å². The molecule has 2 heteroatoms. The lowest BCUT2D eigenvalue weighted by Crippen LogP contribution is -2.28. The van der Waals surface area contributed by atoms with E-state index in [9.17, 15) is 4.79 Å². The first-order chi connectivity index (χ1) is 6.76. The summed E-state index contributed by atoms with van der Waals surface area (Å²) in [5.74, 6) is 0. The minimum absolute atomic E-state index is 0.567. The van der Waals surface area contributed by atoms with Crippen molar-refractivity contribution in [3.63, 3.8) is 0 Å². The van der Waals surface area contributed by atoms with Crippen LogP contribution < -0.4 is 4.90 Å². The first-order valence-electron chi connectivity index (χ1n) is 5.11. The SMILES string of the molecule is CCN1c2cc(C=O)ccc2CC1C. The van der Waals surface area contributed by atoms with Crippen LogP contribution in [0.15, 0.2) is 18.2 Å². The monoisotopic (exact) mass is 189 g/mol. The Bertz CT molecular complexity index is 359. The average molecular weight is 189 g/mol. The molecular weight excluding hydrogens is 174 g/mol. The summed E-state index contributed by atoms with van der Waals surface area (Å²) in [5.41, 5.74) is 3.38. The van der Waals surface area contributed by atoms with Gasteiger partial charge in [-0.1, -0.05) is 12.1 Å². The third-order valence-electron chi connectivity index (χ3n) is 2.94. The number of hydrogen-bond donors (Lipinski definition) is 0. The van der Waals surface area contributed by atoms with E-state index < -0.39 is 0 Å². The van der Waals surface area contributed by atoms with Crippen LogP contribution in [-0.4, -0.2) is 18.9 Å². The normalized spacial score (nSPS) is 19.6. The number of likely N-dealkylation sites (N-methyl/N-ethyl adjacent to an activating group) is 1. The Balaban J connectivity index is 2.44. The van der Waals surface area contributed by atoms with Gasteiger partial charge in [-0.3, -0.25) is 4.79 Å². The van der Waals surface area contributed by atoms with Crippen LogP contribution in [0.1, 0.15) is 29.8 Å². The third kappa shape index (κ3) is 1.31. The van der Waals surface area contributed by atoms with Gasteiger partial charge < -0.3 is 4.90 Å². The summed E-state index contributed by atoms with van der Waals surface area (Å²) in [7, 11) is 0. The summed E-state index contributed by atoms with van der Waals surface area (Å²) in [6.07, 6.45) is 2.01. The van der Waals surface area contributed by atoms with Crippen LogP contribution in [0.25, 0.3) is 0 Å². The summed E-state index contributed by atoms with van der Waals surface area (Å²) >= 11 is 0. The second-order valence-electron chi connectivity index (χ2n) is 3.85. The van der Waals surface area contributed by atoms with E-state index in [0.29, 0.717) is 6.04 Å². The van der Waals surface area contributed by atoms with E-state index in [4.69, 9.17) is 0 Å². The van der Waals surface area contributed by atoms with Gasteiger partial charge in [-0.15, -0.1) is 0 Å². The number of benzene rings is 1. The van der Waals surface area contributed by atoms with Crippen LogP contribution in [0.2, 0.25) is 0 Å². The van der Waals surface area contributed by atoms with Crippen molar-refractivity contribution in [2.24, 2.45) is 0 Å². The molecule has 0 amide bonds. The van der Waals surface area contributed by atoms with Crippen molar-refractivity contribution in [1.82, 2.24) is 0 Å². The summed E-state index contributed by atoms with van der Waals surface area (Å²) in [6.45, 7) is 5.39. The number of carbonyl (C=O) groups excluding carboxylic acids is 1. The van der Waals surface area contributed by atoms with Gasteiger partial charge >= 0.3 is 0 Å². The molecule has 1 unspecified atom stereocenters. The third-order valence-corrected chi connectivity index (χ3v) is 2.94. The molecular formula is C12H15NO. The molecule has 1 aromatic rings. The van der Waals surface area contributed by atoms with Crippen molar-refractivity contribution in [3.05, 3.63) is 29.3 Å². The topological polar surface area (TPSA) is 20.3 Å². The molecule has 0 aromatic heterocycles. The van der Waals surface area contributed by atoms with Crippen molar-refractivity contribution in [2.75, 3.05) is 11.4 Å². The molecule has 0 saturated heterocycles. The number of nitrogens with zero attached hydrogens (tertiary/aromatic N) is 1. The first-order valence-corrected chi connectivity index (χ1v) is 5.11. The molecule has 74 valence electrons. The van der Waals surface area contributed by atoms with Gasteiger partial charge in [0.25, 0.3) is 0 Å². The molecule has 2 nitrogen and oxygen atoms in total. The van der Waals surface area contributed by atoms with Crippen molar-refractivity contribution in [1.29, 1.82) is 0 Å². The van der Waals surface area contributed by atoms with Crippen LogP contribution in [0.4, 0.5) is 5.69 Å². The Morgan fingerprint density at radius 2 is 2.36 bits per heavy atom. The average Bonchev–Trinajstić information content (AvgIpc) is 2.52. The molecule has 0 saturated carbocycles. The highest BCUT2D eigenvalue weighted by molar-refractivity contribution is 5.78. The molecule has 1 aliphatic rings. The number of hydrogen-bond acceptors (Lipinski definition) is 2. The Morgan fingerprint density at radius 1 is 1.57 bits per heavy atom. The number of fused-ring (bicyclic) bond motifs is 1. The minimum atomic E-state index is 0.567. The maximum atomic E-state index is 10.7. The number of anilines is 1. The molecule has 0 N–H and O–H groups in total. The van der Waals surface area contributed by atoms with Gasteiger partial charge in [0.15, 0.2) is 0 Å². The van der Waals surface area contributed by atoms with Crippen LogP contribution in [0.3, 0.4) is 0 Å². The standard InChI is InChI=1S/C12H15NO/c1-3-13-9(2)6-11-5-4-10(8-14)7-12(11)13/h4-5,7-9H,3,6H2,1-2H3. The minimum Gasteiger partial charge on any atom is -0.369 e. The maximum Gasteiger partial charge on any atom is 0.150 e. The highest BCUT2D eigenvalue weighted by atomic mass is 16.1. The quantitative estimate of drug-likeness (QED) is 0.665. The van der Waals surface area contributed by atoms with E-state index in [-0.39, 0.29) is 0 Å². The van der Waals surface area contributed by atoms with Gasteiger partial charge in [0, 0.05) is 23.8 Å². The van der Waals surface area contributed by atoms with Gasteiger partial charge in [0.1, 0.15) is 6.29 Å². The van der Waals surface area contributed by atoms with E-state index in [2.05, 4.69) is 24.8 Å². The van der Waals surface area contributed by atoms with Crippen LogP contribution in [0, 0.1) is 0 Å². The highest BCUT2D eigenvalue weighted by Gasteiger charge is 2.24. The van der Waals surface area contributed by atoms with Crippen molar-refractivity contribution < 1.29 is 4.79 Å². The fourth-order valence-corrected chi connectivity index (χ4v) is 2.24. The van der Waals surface area contributed by atoms with Crippen LogP contribution >= 0.6 is 0 Å². The van der Waals surface area contributed by atoms with E-state index in [0.717, 1.165) is 24.8 Å². The number of rotatable bonds is 2. The van der Waals surface area contributed by atoms with Crippen molar-refractivity contribution >= 4 is 12.0 Å². The zero-order chi connectivity index (χ0) is 10.1. The fourth-order valence-electron chi connectivity index (χ4n) is 2.24. The predicted molar refractivity (Wildman–Crippen MR) is 58.0 cm³/mol. The van der Waals surface area contributed by atoms with Crippen molar-refractivity contribution in [3.8, 4) is 0 Å². The summed E-state index contributed by atoms with van der Waals surface area (Å²) in [5, 5.41) is 0. The molecule has 0 spiro atoms. The molecule has 0 radical (unpaired) electrons. The highest BCUT2D eigenvalue weighted by Crippen LogP contribution is 2.32. The second-order valence-corrected chi connectivity index (χ2v) is 3.85. The molecule has 14 heavy (non-hydrogen) atoms. The van der Waals surface area contributed by atoms with Crippen LogP contribution in [-0.2, 0) is 6.42 Å². The second kappa shape index (κ2) is 3.45. The lowest BCUT2D eigenvalue weighted by atomic mass is 10.1. The van der Waals surface area contributed by atoms with Gasteiger partial charge in [-0.25, -0.2) is 0 Å². The Hall–Kier alpha value is -1.31. The molecule has 1 aromatic carbocycles. The molecule has 0 aliphatic carbocycles. The lowest BCUT2D eigenvalue weighted by Gasteiger charge is -2.22. The molecule has 1 aliphatic heterocycles. The van der Waals surface area contributed by atoms with E-state index in [1.807, 2.05) is 12.1 Å². The van der Waals surface area contributed by atoms with E-state index in [1.54, 1.807) is 0 Å². The predicted octanol–water partition coefficient (Wildman–Crippen LogP) is 2.27. The van der Waals surface area contributed by atoms with Gasteiger partial charge in [-0.05, 0) is 31.9 Å². The Labute approximate surface area is 84.5 Å². The fraction of sp³-hybridized carbons (Fsp3) is 0.417. The summed E-state index contributed by atoms with van der Waals surface area (Å²) in [6, 6.07) is 6.54. The smallest absolute Gasteiger partial charge is 0.150 e. The Kier molecular flexibility index (Phi) is 2.28. The molecule has 1 heterocycles. The molecule has 2 rings (SSSR count). The lowest BCUT2D eigenvalue weighted by molar-refractivity contribution is 0.112. The van der Waals surface area contributed by atoms with E-state index >= 15 is 0 Å². The molecule has 0 bridgehead atoms. The first kappa shape index (κ1) is 9.25. The zero-order valence-electron chi connectivity index (χ0n) is 8.66. The largest absolute Gasteiger partial charge is 0.369 e. The maximum absolute atomic E-state index is 10.7. The van der Waals surface area contributed by atoms with Gasteiger partial charge in [-0.2, -0.15) is 0 Å². The van der Waals surface area contributed by atoms with Gasteiger partial charge in [0.2, 0.25) is 0 Å².